The highest BCUT2D eigenvalue weighted by molar-refractivity contribution is 5.94. The second-order valence-electron chi connectivity index (χ2n) is 13.9. The van der Waals surface area contributed by atoms with Crippen LogP contribution >= 0.6 is 0 Å². The van der Waals surface area contributed by atoms with E-state index in [0.29, 0.717) is 0 Å². The van der Waals surface area contributed by atoms with Gasteiger partial charge in [-0.2, -0.15) is 0 Å². The minimum absolute atomic E-state index is 1.19. The van der Waals surface area contributed by atoms with Crippen LogP contribution in [0.15, 0.2) is 206 Å². The average molecular weight is 691 g/mol. The standard InChI is InChI=1S/C54H42/c1-39-35-41(37-53(47-19-11-5-12-20-47)49-29-25-45(26-30-49)43-15-7-3-8-16-43)23-33-51(39)52-34-24-42(36-40(52)2)38-54(48-21-13-6-14-22-48)50-31-27-46(28-32-50)44-17-9-4-10-18-44/h3-38H,1-2H3. The molecule has 0 amide bonds. The summed E-state index contributed by atoms with van der Waals surface area (Å²) < 4.78 is 0. The van der Waals surface area contributed by atoms with E-state index in [0.717, 1.165) is 0 Å². The second-order valence-corrected chi connectivity index (χ2v) is 13.9. The van der Waals surface area contributed by atoms with Crippen molar-refractivity contribution in [2.45, 2.75) is 13.8 Å². The van der Waals surface area contributed by atoms with Crippen LogP contribution in [0.1, 0.15) is 44.5 Å². The Morgan fingerprint density at radius 2 is 0.593 bits per heavy atom. The van der Waals surface area contributed by atoms with Crippen LogP contribution in [-0.2, 0) is 0 Å². The Morgan fingerprint density at radius 1 is 0.296 bits per heavy atom. The maximum atomic E-state index is 2.32. The third kappa shape index (κ3) is 7.70. The first-order valence-corrected chi connectivity index (χ1v) is 18.7. The van der Waals surface area contributed by atoms with Crippen molar-refractivity contribution in [3.05, 3.63) is 251 Å². The Labute approximate surface area is 320 Å². The lowest BCUT2D eigenvalue weighted by atomic mass is 9.90. The number of benzene rings is 8. The molecule has 258 valence electrons. The summed E-state index contributed by atoms with van der Waals surface area (Å²) in [6.45, 7) is 4.45. The lowest BCUT2D eigenvalue weighted by Gasteiger charge is -2.14. The summed E-state index contributed by atoms with van der Waals surface area (Å²) in [6.07, 6.45) is 4.64. The van der Waals surface area contributed by atoms with Gasteiger partial charge in [-0.15, -0.1) is 0 Å². The van der Waals surface area contributed by atoms with Gasteiger partial charge >= 0.3 is 0 Å². The lowest BCUT2D eigenvalue weighted by Crippen LogP contribution is -1.92. The van der Waals surface area contributed by atoms with Gasteiger partial charge in [-0.1, -0.05) is 206 Å². The minimum Gasteiger partial charge on any atom is -0.0622 e. The topological polar surface area (TPSA) is 0 Å². The van der Waals surface area contributed by atoms with E-state index in [1.54, 1.807) is 0 Å². The van der Waals surface area contributed by atoms with Gasteiger partial charge in [0.15, 0.2) is 0 Å². The van der Waals surface area contributed by atoms with Gasteiger partial charge in [0.25, 0.3) is 0 Å². The fourth-order valence-electron chi connectivity index (χ4n) is 7.34. The van der Waals surface area contributed by atoms with E-state index < -0.39 is 0 Å². The van der Waals surface area contributed by atoms with Crippen molar-refractivity contribution in [2.24, 2.45) is 0 Å². The SMILES string of the molecule is Cc1cc(C=C(c2ccccc2)c2ccc(-c3ccccc3)cc2)ccc1-c1ccc(C=C(c2ccccc2)c2ccc(-c3ccccc3)cc2)cc1C. The summed E-state index contributed by atoms with van der Waals surface area (Å²) in [6, 6.07) is 74.1. The average Bonchev–Trinajstić information content (AvgIpc) is 3.24. The predicted molar refractivity (Wildman–Crippen MR) is 232 cm³/mol. The molecule has 0 saturated carbocycles. The molecule has 0 spiro atoms. The van der Waals surface area contributed by atoms with Gasteiger partial charge in [-0.25, -0.2) is 0 Å². The van der Waals surface area contributed by atoms with Gasteiger partial charge in [-0.3, -0.25) is 0 Å². The predicted octanol–water partition coefficient (Wildman–Crippen LogP) is 14.5. The minimum atomic E-state index is 1.19. The molecule has 0 fully saturated rings. The molecular weight excluding hydrogens is 649 g/mol. The zero-order valence-electron chi connectivity index (χ0n) is 30.8. The first-order chi connectivity index (χ1) is 26.6. The summed E-state index contributed by atoms with van der Waals surface area (Å²) in [5.41, 5.74) is 19.5. The van der Waals surface area contributed by atoms with Crippen LogP contribution in [0.25, 0.3) is 56.7 Å². The van der Waals surface area contributed by atoms with E-state index in [9.17, 15) is 0 Å². The highest BCUT2D eigenvalue weighted by atomic mass is 14.2. The van der Waals surface area contributed by atoms with Crippen LogP contribution in [-0.4, -0.2) is 0 Å². The molecule has 0 N–H and O–H groups in total. The van der Waals surface area contributed by atoms with Gasteiger partial charge < -0.3 is 0 Å². The maximum absolute atomic E-state index is 2.32. The van der Waals surface area contributed by atoms with E-state index in [1.165, 1.54) is 89.0 Å². The highest BCUT2D eigenvalue weighted by Crippen LogP contribution is 2.34. The molecule has 0 aliphatic carbocycles. The molecule has 0 unspecified atom stereocenters. The molecule has 0 bridgehead atoms. The van der Waals surface area contributed by atoms with Crippen molar-refractivity contribution in [1.29, 1.82) is 0 Å². The zero-order valence-corrected chi connectivity index (χ0v) is 30.8. The van der Waals surface area contributed by atoms with Gasteiger partial charge in [-0.05, 0) is 115 Å². The van der Waals surface area contributed by atoms with Gasteiger partial charge in [0.2, 0.25) is 0 Å². The molecular formula is C54H42. The molecule has 0 atom stereocenters. The molecule has 8 aromatic rings. The summed E-state index contributed by atoms with van der Waals surface area (Å²) in [7, 11) is 0. The fraction of sp³-hybridized carbons (Fsp3) is 0.0370. The number of hydrogen-bond donors (Lipinski definition) is 0. The maximum Gasteiger partial charge on any atom is -0.0105 e. The van der Waals surface area contributed by atoms with E-state index in [2.05, 4.69) is 232 Å². The molecule has 0 aromatic heterocycles. The third-order valence-electron chi connectivity index (χ3n) is 10.2. The van der Waals surface area contributed by atoms with E-state index in [-0.39, 0.29) is 0 Å². The summed E-state index contributed by atoms with van der Waals surface area (Å²) in [5, 5.41) is 0. The van der Waals surface area contributed by atoms with Crippen LogP contribution in [0.4, 0.5) is 0 Å². The van der Waals surface area contributed by atoms with Crippen molar-refractivity contribution in [2.75, 3.05) is 0 Å². The molecule has 0 aliphatic rings. The normalized spacial score (nSPS) is 11.7. The zero-order chi connectivity index (χ0) is 36.7. The first-order valence-electron chi connectivity index (χ1n) is 18.7. The van der Waals surface area contributed by atoms with E-state index in [1.807, 2.05) is 0 Å². The molecule has 0 aliphatic heterocycles. The van der Waals surface area contributed by atoms with Crippen LogP contribution in [0.2, 0.25) is 0 Å². The van der Waals surface area contributed by atoms with Crippen molar-refractivity contribution in [3.8, 4) is 33.4 Å². The molecule has 0 saturated heterocycles. The van der Waals surface area contributed by atoms with Gasteiger partial charge in [0.1, 0.15) is 0 Å². The molecule has 8 rings (SSSR count). The smallest absolute Gasteiger partial charge is 0.0105 e. The fourth-order valence-corrected chi connectivity index (χ4v) is 7.34. The van der Waals surface area contributed by atoms with Crippen molar-refractivity contribution in [1.82, 2.24) is 0 Å². The molecule has 0 heterocycles. The quantitative estimate of drug-likeness (QED) is 0.132. The highest BCUT2D eigenvalue weighted by Gasteiger charge is 2.11. The van der Waals surface area contributed by atoms with Crippen LogP contribution in [0.3, 0.4) is 0 Å². The van der Waals surface area contributed by atoms with Gasteiger partial charge in [0, 0.05) is 0 Å². The first kappa shape index (κ1) is 34.3. The summed E-state index contributed by atoms with van der Waals surface area (Å²) in [5.74, 6) is 0. The van der Waals surface area contributed by atoms with Crippen LogP contribution in [0, 0.1) is 13.8 Å². The Hall–Kier alpha value is -6.76. The molecule has 8 aromatic carbocycles. The largest absolute Gasteiger partial charge is 0.0622 e. The van der Waals surface area contributed by atoms with Crippen molar-refractivity contribution >= 4 is 23.3 Å². The number of aryl methyl sites for hydroxylation is 2. The molecule has 0 nitrogen and oxygen atoms in total. The molecule has 0 radical (unpaired) electrons. The van der Waals surface area contributed by atoms with Crippen molar-refractivity contribution in [3.63, 3.8) is 0 Å². The summed E-state index contributed by atoms with van der Waals surface area (Å²) in [4.78, 5) is 0. The second kappa shape index (κ2) is 15.9. The summed E-state index contributed by atoms with van der Waals surface area (Å²) >= 11 is 0. The van der Waals surface area contributed by atoms with Crippen LogP contribution < -0.4 is 0 Å². The van der Waals surface area contributed by atoms with E-state index >= 15 is 0 Å². The molecule has 0 heteroatoms. The Balaban J connectivity index is 1.10. The van der Waals surface area contributed by atoms with Gasteiger partial charge in [0.05, 0.1) is 0 Å². The number of hydrogen-bond acceptors (Lipinski definition) is 0. The monoisotopic (exact) mass is 690 g/mol. The van der Waals surface area contributed by atoms with Crippen molar-refractivity contribution < 1.29 is 0 Å². The molecule has 54 heavy (non-hydrogen) atoms. The third-order valence-corrected chi connectivity index (χ3v) is 10.2. The van der Waals surface area contributed by atoms with E-state index in [4.69, 9.17) is 0 Å². The Kier molecular flexibility index (Phi) is 10.1. The number of rotatable bonds is 9. The lowest BCUT2D eigenvalue weighted by molar-refractivity contribution is 1.39. The Morgan fingerprint density at radius 3 is 0.926 bits per heavy atom. The Bertz CT molecular complexity index is 2360. The van der Waals surface area contributed by atoms with Crippen LogP contribution in [0.5, 0.6) is 0 Å².